The maximum Gasteiger partial charge on any atom is 0.181 e. The number of ketones is 1. The maximum atomic E-state index is 11.8. The summed E-state index contributed by atoms with van der Waals surface area (Å²) in [5.74, 6) is -0.0326. The lowest BCUT2D eigenvalue weighted by atomic mass is 10.1. The fourth-order valence-electron chi connectivity index (χ4n) is 1.87. The first-order valence-electron chi connectivity index (χ1n) is 4.80. The molecule has 0 fully saturated rings. The van der Waals surface area contributed by atoms with Gasteiger partial charge in [-0.1, -0.05) is 6.07 Å². The molecule has 0 saturated carbocycles. The van der Waals surface area contributed by atoms with Crippen molar-refractivity contribution < 1.29 is 13.2 Å². The van der Waals surface area contributed by atoms with Crippen LogP contribution in [-0.2, 0) is 16.3 Å². The molecule has 80 valence electrons. The van der Waals surface area contributed by atoms with Gasteiger partial charge in [0.05, 0.1) is 10.1 Å². The van der Waals surface area contributed by atoms with E-state index < -0.39 is 9.84 Å². The highest BCUT2D eigenvalue weighted by Gasteiger charge is 2.33. The first-order valence-corrected chi connectivity index (χ1v) is 6.35. The third-order valence-electron chi connectivity index (χ3n) is 2.81. The molecule has 1 aliphatic rings. The molecule has 1 aromatic carbocycles. The molecule has 15 heavy (non-hydrogen) atoms. The van der Waals surface area contributed by atoms with Crippen LogP contribution in [0.25, 0.3) is 0 Å². The Bertz CT molecular complexity index is 529. The van der Waals surface area contributed by atoms with Crippen molar-refractivity contribution in [1.82, 2.24) is 0 Å². The fraction of sp³-hybridized carbons (Fsp3) is 0.364. The number of sulfone groups is 1. The molecule has 0 saturated heterocycles. The Hall–Kier alpha value is -1.16. The Morgan fingerprint density at radius 1 is 1.40 bits per heavy atom. The third-order valence-corrected chi connectivity index (χ3v) is 5.05. The van der Waals surface area contributed by atoms with E-state index in [0.717, 1.165) is 5.56 Å². The molecule has 3 nitrogen and oxygen atoms in total. The third kappa shape index (κ3) is 1.49. The van der Waals surface area contributed by atoms with Crippen LogP contribution in [0.1, 0.15) is 29.8 Å². The monoisotopic (exact) mass is 224 g/mol. The Morgan fingerprint density at radius 3 is 2.67 bits per heavy atom. The van der Waals surface area contributed by atoms with Gasteiger partial charge in [0.2, 0.25) is 0 Å². The van der Waals surface area contributed by atoms with E-state index in [1.165, 1.54) is 6.92 Å². The number of hydrogen-bond acceptors (Lipinski definition) is 3. The second-order valence-corrected chi connectivity index (χ2v) is 6.27. The van der Waals surface area contributed by atoms with E-state index in [2.05, 4.69) is 0 Å². The van der Waals surface area contributed by atoms with Crippen LogP contribution in [0.3, 0.4) is 0 Å². The molecule has 1 atom stereocenters. The first-order chi connectivity index (χ1) is 6.93. The topological polar surface area (TPSA) is 51.2 Å². The van der Waals surface area contributed by atoms with E-state index in [9.17, 15) is 13.2 Å². The second kappa shape index (κ2) is 3.17. The molecular formula is C11H12O3S. The van der Waals surface area contributed by atoms with Crippen LogP contribution in [0.4, 0.5) is 0 Å². The normalized spacial score (nSPS) is 22.4. The molecule has 0 aliphatic carbocycles. The van der Waals surface area contributed by atoms with E-state index in [1.54, 1.807) is 25.1 Å². The Labute approximate surface area is 89.0 Å². The molecule has 0 spiro atoms. The van der Waals surface area contributed by atoms with Crippen LogP contribution >= 0.6 is 0 Å². The highest BCUT2D eigenvalue weighted by atomic mass is 32.2. The predicted octanol–water partition coefficient (Wildman–Crippen LogP) is 1.61. The van der Waals surface area contributed by atoms with Gasteiger partial charge in [0.1, 0.15) is 0 Å². The molecule has 0 radical (unpaired) electrons. The summed E-state index contributed by atoms with van der Waals surface area (Å²) in [5.41, 5.74) is 1.35. The van der Waals surface area contributed by atoms with E-state index in [1.807, 2.05) is 0 Å². The molecule has 1 aromatic rings. The molecule has 0 aromatic heterocycles. The zero-order chi connectivity index (χ0) is 11.2. The average molecular weight is 224 g/mol. The van der Waals surface area contributed by atoms with Gasteiger partial charge in [-0.2, -0.15) is 0 Å². The van der Waals surface area contributed by atoms with E-state index in [4.69, 9.17) is 0 Å². The van der Waals surface area contributed by atoms with Crippen LogP contribution in [0.5, 0.6) is 0 Å². The van der Waals surface area contributed by atoms with Crippen molar-refractivity contribution in [2.24, 2.45) is 0 Å². The summed E-state index contributed by atoms with van der Waals surface area (Å²) in [6.07, 6.45) is 0.513. The van der Waals surface area contributed by atoms with Gasteiger partial charge in [-0.25, -0.2) is 8.42 Å². The van der Waals surface area contributed by atoms with Gasteiger partial charge in [0.15, 0.2) is 15.6 Å². The summed E-state index contributed by atoms with van der Waals surface area (Å²) in [6.45, 7) is 3.18. The van der Waals surface area contributed by atoms with Crippen molar-refractivity contribution in [1.29, 1.82) is 0 Å². The van der Waals surface area contributed by atoms with Crippen molar-refractivity contribution in [2.75, 3.05) is 0 Å². The minimum Gasteiger partial charge on any atom is -0.295 e. The van der Waals surface area contributed by atoms with Crippen molar-refractivity contribution in [2.45, 2.75) is 30.4 Å². The quantitative estimate of drug-likeness (QED) is 0.681. The zero-order valence-electron chi connectivity index (χ0n) is 8.65. The average Bonchev–Trinajstić information content (AvgIpc) is 2.38. The Kier molecular flexibility index (Phi) is 2.19. The molecule has 1 heterocycles. The predicted molar refractivity (Wildman–Crippen MR) is 56.8 cm³/mol. The van der Waals surface area contributed by atoms with Gasteiger partial charge in [-0.05, 0) is 38.0 Å². The highest BCUT2D eigenvalue weighted by Crippen LogP contribution is 2.31. The second-order valence-electron chi connectivity index (χ2n) is 3.94. The SMILES string of the molecule is CC(=O)c1ccc2c(c1)CC(C)S2(=O)=O. The summed E-state index contributed by atoms with van der Waals surface area (Å²) in [7, 11) is -3.14. The van der Waals surface area contributed by atoms with Gasteiger partial charge < -0.3 is 0 Å². The van der Waals surface area contributed by atoms with Gasteiger partial charge >= 0.3 is 0 Å². The molecule has 4 heteroatoms. The summed E-state index contributed by atoms with van der Waals surface area (Å²) >= 11 is 0. The lowest BCUT2D eigenvalue weighted by molar-refractivity contribution is 0.101. The number of rotatable bonds is 1. The van der Waals surface area contributed by atoms with Crippen LogP contribution < -0.4 is 0 Å². The molecule has 1 unspecified atom stereocenters. The zero-order valence-corrected chi connectivity index (χ0v) is 9.47. The molecular weight excluding hydrogens is 212 g/mol. The molecule has 2 rings (SSSR count). The fourth-order valence-corrected chi connectivity index (χ4v) is 3.47. The van der Waals surface area contributed by atoms with Gasteiger partial charge in [0, 0.05) is 5.56 Å². The summed E-state index contributed by atoms with van der Waals surface area (Å²) in [6, 6.07) is 4.82. The lowest BCUT2D eigenvalue weighted by Gasteiger charge is -2.00. The van der Waals surface area contributed by atoms with Crippen LogP contribution in [0.15, 0.2) is 23.1 Å². The van der Waals surface area contributed by atoms with E-state index >= 15 is 0 Å². The number of carbonyl (C=O) groups excluding carboxylic acids is 1. The van der Waals surface area contributed by atoms with Crippen molar-refractivity contribution in [3.8, 4) is 0 Å². The highest BCUT2D eigenvalue weighted by molar-refractivity contribution is 7.92. The van der Waals surface area contributed by atoms with Gasteiger partial charge in [-0.3, -0.25) is 4.79 Å². The van der Waals surface area contributed by atoms with Crippen molar-refractivity contribution in [3.05, 3.63) is 29.3 Å². The molecule has 1 aliphatic heterocycles. The maximum absolute atomic E-state index is 11.8. The van der Waals surface area contributed by atoms with Crippen LogP contribution in [0.2, 0.25) is 0 Å². The number of Topliss-reactive ketones (excluding diaryl/α,β-unsaturated/α-hetero) is 1. The lowest BCUT2D eigenvalue weighted by Crippen LogP contribution is -2.11. The number of benzene rings is 1. The Balaban J connectivity index is 2.61. The molecule has 0 bridgehead atoms. The van der Waals surface area contributed by atoms with Crippen molar-refractivity contribution in [3.63, 3.8) is 0 Å². The number of hydrogen-bond donors (Lipinski definition) is 0. The summed E-state index contributed by atoms with van der Waals surface area (Å²) in [5, 5.41) is -0.366. The van der Waals surface area contributed by atoms with Crippen LogP contribution in [0, 0.1) is 0 Å². The van der Waals surface area contributed by atoms with Gasteiger partial charge in [-0.15, -0.1) is 0 Å². The molecule has 0 N–H and O–H groups in total. The summed E-state index contributed by atoms with van der Waals surface area (Å²) < 4.78 is 23.6. The summed E-state index contributed by atoms with van der Waals surface area (Å²) in [4.78, 5) is 11.5. The van der Waals surface area contributed by atoms with Gasteiger partial charge in [0.25, 0.3) is 0 Å². The van der Waals surface area contributed by atoms with E-state index in [0.29, 0.717) is 16.9 Å². The van der Waals surface area contributed by atoms with Crippen LogP contribution in [-0.4, -0.2) is 19.5 Å². The number of carbonyl (C=O) groups is 1. The smallest absolute Gasteiger partial charge is 0.181 e. The standard InChI is InChI=1S/C11H12O3S/c1-7-5-10-6-9(8(2)12)3-4-11(10)15(7,13)14/h3-4,6-7H,5H2,1-2H3. The Morgan fingerprint density at radius 2 is 2.07 bits per heavy atom. The minimum absolute atomic E-state index is 0.0326. The number of fused-ring (bicyclic) bond motifs is 1. The van der Waals surface area contributed by atoms with E-state index in [-0.39, 0.29) is 11.0 Å². The van der Waals surface area contributed by atoms with Crippen molar-refractivity contribution >= 4 is 15.6 Å². The minimum atomic E-state index is -3.14. The first kappa shape index (κ1) is 10.4. The largest absolute Gasteiger partial charge is 0.295 e. The molecule has 0 amide bonds.